The normalized spacial score (nSPS) is 13.2. The van der Waals surface area contributed by atoms with E-state index in [1.807, 2.05) is 0 Å². The zero-order valence-electron chi connectivity index (χ0n) is 48.3. The van der Waals surface area contributed by atoms with E-state index >= 15 is 0 Å². The summed E-state index contributed by atoms with van der Waals surface area (Å²) in [5.74, 6) is -0.981. The molecular weight excluding hydrogens is 925 g/mol. The van der Waals surface area contributed by atoms with E-state index in [4.69, 9.17) is 14.2 Å². The summed E-state index contributed by atoms with van der Waals surface area (Å²) in [7, 11) is 0. The van der Waals surface area contributed by atoms with Crippen LogP contribution in [0.4, 0.5) is 0 Å². The van der Waals surface area contributed by atoms with E-state index in [2.05, 4.69) is 167 Å². The van der Waals surface area contributed by atoms with Gasteiger partial charge in [0, 0.05) is 19.3 Å². The molecule has 0 spiro atoms. The second kappa shape index (κ2) is 61.8. The van der Waals surface area contributed by atoms with Crippen molar-refractivity contribution in [2.75, 3.05) is 13.2 Å². The quantitative estimate of drug-likeness (QED) is 0.0261. The van der Waals surface area contributed by atoms with Gasteiger partial charge >= 0.3 is 17.9 Å². The summed E-state index contributed by atoms with van der Waals surface area (Å²) >= 11 is 0. The molecule has 0 radical (unpaired) electrons. The number of hydrogen-bond donors (Lipinski definition) is 0. The van der Waals surface area contributed by atoms with Gasteiger partial charge < -0.3 is 14.2 Å². The average Bonchev–Trinajstić information content (AvgIpc) is 3.41. The molecule has 0 aromatic heterocycles. The van der Waals surface area contributed by atoms with Crippen LogP contribution in [0.1, 0.15) is 252 Å². The van der Waals surface area contributed by atoms with Gasteiger partial charge in [0.1, 0.15) is 13.2 Å². The van der Waals surface area contributed by atoms with Crippen molar-refractivity contribution in [2.24, 2.45) is 0 Å². The summed E-state index contributed by atoms with van der Waals surface area (Å²) in [5.41, 5.74) is 0. The third kappa shape index (κ3) is 60.0. The highest BCUT2D eigenvalue weighted by atomic mass is 16.6. The molecule has 0 heterocycles. The fourth-order valence-corrected chi connectivity index (χ4v) is 7.82. The first-order chi connectivity index (χ1) is 37.0. The molecule has 6 nitrogen and oxygen atoms in total. The fraction of sp³-hybridized carbons (Fsp3) is 0.609. The Morgan fingerprint density at radius 1 is 0.280 bits per heavy atom. The number of carbonyl (C=O) groups is 3. The van der Waals surface area contributed by atoms with Gasteiger partial charge in [-0.3, -0.25) is 14.4 Å². The molecular formula is C69H110O6. The van der Waals surface area contributed by atoms with Crippen LogP contribution in [0.3, 0.4) is 0 Å². The highest BCUT2D eigenvalue weighted by Gasteiger charge is 2.19. The number of carbonyl (C=O) groups excluding carboxylic acids is 3. The number of rotatable bonds is 53. The molecule has 0 aromatic rings. The second-order valence-electron chi connectivity index (χ2n) is 19.5. The number of ether oxygens (including phenoxy) is 3. The monoisotopic (exact) mass is 1030 g/mol. The Kier molecular flexibility index (Phi) is 58.0. The first kappa shape index (κ1) is 70.3. The van der Waals surface area contributed by atoms with Crippen molar-refractivity contribution in [2.45, 2.75) is 258 Å². The smallest absolute Gasteiger partial charge is 0.306 e. The lowest BCUT2D eigenvalue weighted by atomic mass is 10.1. The first-order valence-electron chi connectivity index (χ1n) is 30.3. The molecule has 1 unspecified atom stereocenters. The summed E-state index contributed by atoms with van der Waals surface area (Å²) in [6, 6.07) is 0. The lowest BCUT2D eigenvalue weighted by molar-refractivity contribution is -0.167. The predicted octanol–water partition coefficient (Wildman–Crippen LogP) is 20.8. The Bertz CT molecular complexity index is 1660. The summed E-state index contributed by atoms with van der Waals surface area (Å²) in [6.45, 7) is 6.33. The van der Waals surface area contributed by atoms with Crippen molar-refractivity contribution < 1.29 is 28.6 Å². The topological polar surface area (TPSA) is 78.9 Å². The summed E-state index contributed by atoms with van der Waals surface area (Å²) in [5, 5.41) is 0. The minimum Gasteiger partial charge on any atom is -0.462 e. The van der Waals surface area contributed by atoms with Crippen LogP contribution in [0.25, 0.3) is 0 Å². The minimum atomic E-state index is -0.816. The van der Waals surface area contributed by atoms with E-state index < -0.39 is 6.10 Å². The van der Waals surface area contributed by atoms with Crippen molar-refractivity contribution in [3.8, 4) is 0 Å². The molecule has 0 aliphatic carbocycles. The molecule has 0 aliphatic rings. The Labute approximate surface area is 461 Å². The molecule has 0 aromatic carbocycles. The predicted molar refractivity (Wildman–Crippen MR) is 325 cm³/mol. The SMILES string of the molecule is CC/C=C\C/C=C\C/C=C\C/C=C\C/C=C\C/C=C\CCCCCCC(=O)OCC(COC(=O)CCCCC/C=C\C/C=C\C/C=C\CC)OC(=O)CCCCCCCC/C=C\C/C=C\C/C=C\CCCCCCC. The molecule has 422 valence electrons. The maximum atomic E-state index is 12.9. The van der Waals surface area contributed by atoms with E-state index in [1.54, 1.807) is 0 Å². The number of esters is 3. The number of unbranched alkanes of at least 4 members (excludes halogenated alkanes) is 18. The molecule has 0 saturated heterocycles. The Morgan fingerprint density at radius 2 is 0.520 bits per heavy atom. The molecule has 75 heavy (non-hydrogen) atoms. The maximum Gasteiger partial charge on any atom is 0.306 e. The van der Waals surface area contributed by atoms with E-state index in [-0.39, 0.29) is 31.1 Å². The number of allylic oxidation sites excluding steroid dienone is 24. The number of hydrogen-bond acceptors (Lipinski definition) is 6. The van der Waals surface area contributed by atoms with Crippen molar-refractivity contribution in [1.29, 1.82) is 0 Å². The summed E-state index contributed by atoms with van der Waals surface area (Å²) in [6.07, 6.45) is 88.4. The standard InChI is InChI=1S/C69H110O6/c1-4-7-10-13-16-19-22-25-27-29-31-33-34-36-37-39-41-44-47-50-53-56-59-62-68(71)74-65-66(64-73-67(70)61-58-55-52-49-46-43-24-21-18-15-12-9-6-3)75-69(72)63-60-57-54-51-48-45-42-40-38-35-32-30-28-26-23-20-17-14-11-8-5-2/h7,9-10,12,16,18-19,21,23,25-27,30-33,36-38,40-41,43-44,46,66H,4-6,8,11,13-15,17,20,22,24,28-29,34-35,39,42,45,47-65H2,1-3H3/b10-7-,12-9-,19-16-,21-18-,26-23-,27-25-,32-30-,33-31-,37-36-,40-38-,44-41-,46-43-. The van der Waals surface area contributed by atoms with Gasteiger partial charge in [-0.15, -0.1) is 0 Å². The van der Waals surface area contributed by atoms with Gasteiger partial charge in [-0.2, -0.15) is 0 Å². The first-order valence-corrected chi connectivity index (χ1v) is 30.3. The van der Waals surface area contributed by atoms with Crippen LogP contribution in [0.15, 0.2) is 146 Å². The molecule has 0 amide bonds. The molecule has 0 saturated carbocycles. The zero-order valence-corrected chi connectivity index (χ0v) is 48.3. The van der Waals surface area contributed by atoms with Gasteiger partial charge in [-0.1, -0.05) is 237 Å². The minimum absolute atomic E-state index is 0.112. The van der Waals surface area contributed by atoms with Gasteiger partial charge in [0.25, 0.3) is 0 Å². The van der Waals surface area contributed by atoms with E-state index in [9.17, 15) is 14.4 Å². The van der Waals surface area contributed by atoms with Crippen LogP contribution in [0.5, 0.6) is 0 Å². The van der Waals surface area contributed by atoms with Crippen molar-refractivity contribution in [3.05, 3.63) is 146 Å². The Morgan fingerprint density at radius 3 is 0.827 bits per heavy atom. The van der Waals surface area contributed by atoms with Gasteiger partial charge in [0.15, 0.2) is 6.10 Å². The third-order valence-electron chi connectivity index (χ3n) is 12.3. The molecule has 0 bridgehead atoms. The summed E-state index contributed by atoms with van der Waals surface area (Å²) in [4.78, 5) is 38.2. The van der Waals surface area contributed by atoms with Crippen LogP contribution in [0.2, 0.25) is 0 Å². The van der Waals surface area contributed by atoms with E-state index in [0.29, 0.717) is 19.3 Å². The van der Waals surface area contributed by atoms with Gasteiger partial charge in [-0.25, -0.2) is 0 Å². The van der Waals surface area contributed by atoms with Crippen LogP contribution in [-0.4, -0.2) is 37.2 Å². The lowest BCUT2D eigenvalue weighted by Gasteiger charge is -2.18. The van der Waals surface area contributed by atoms with E-state index in [0.717, 1.165) is 161 Å². The van der Waals surface area contributed by atoms with Crippen molar-refractivity contribution >= 4 is 17.9 Å². The Hall–Kier alpha value is -4.71. The molecule has 0 N–H and O–H groups in total. The average molecular weight is 1040 g/mol. The van der Waals surface area contributed by atoms with Crippen molar-refractivity contribution in [1.82, 2.24) is 0 Å². The van der Waals surface area contributed by atoms with Crippen LogP contribution < -0.4 is 0 Å². The molecule has 0 fully saturated rings. The molecule has 6 heteroatoms. The van der Waals surface area contributed by atoms with Crippen LogP contribution in [-0.2, 0) is 28.6 Å². The van der Waals surface area contributed by atoms with Crippen LogP contribution >= 0.6 is 0 Å². The summed E-state index contributed by atoms with van der Waals surface area (Å²) < 4.78 is 16.8. The zero-order chi connectivity index (χ0) is 54.3. The lowest BCUT2D eigenvalue weighted by Crippen LogP contribution is -2.30. The molecule has 0 aliphatic heterocycles. The molecule has 0 rings (SSSR count). The highest BCUT2D eigenvalue weighted by Crippen LogP contribution is 2.13. The second-order valence-corrected chi connectivity index (χ2v) is 19.5. The van der Waals surface area contributed by atoms with Crippen LogP contribution in [0, 0.1) is 0 Å². The Balaban J connectivity index is 4.49. The largest absolute Gasteiger partial charge is 0.462 e. The van der Waals surface area contributed by atoms with Gasteiger partial charge in [-0.05, 0) is 141 Å². The fourth-order valence-electron chi connectivity index (χ4n) is 7.82. The highest BCUT2D eigenvalue weighted by molar-refractivity contribution is 5.71. The van der Waals surface area contributed by atoms with Gasteiger partial charge in [0.2, 0.25) is 0 Å². The van der Waals surface area contributed by atoms with Crippen molar-refractivity contribution in [3.63, 3.8) is 0 Å². The van der Waals surface area contributed by atoms with Gasteiger partial charge in [0.05, 0.1) is 0 Å². The van der Waals surface area contributed by atoms with E-state index in [1.165, 1.54) is 51.4 Å². The third-order valence-corrected chi connectivity index (χ3v) is 12.3. The molecule has 1 atom stereocenters. The maximum absolute atomic E-state index is 12.9.